The largest absolute Gasteiger partial charge is 0.538 e. The molecule has 1 amide bonds. The van der Waals surface area contributed by atoms with Gasteiger partial charge in [0.15, 0.2) is 17.7 Å². The van der Waals surface area contributed by atoms with Crippen LogP contribution >= 0.6 is 23.5 Å². The fourth-order valence-electron chi connectivity index (χ4n) is 4.25. The molecule has 2 aromatic heterocycles. The molecule has 298 valence electrons. The first-order chi connectivity index (χ1) is 25.0. The first kappa shape index (κ1) is 44.2. The molecule has 3 rings (SSSR count). The van der Waals surface area contributed by atoms with Gasteiger partial charge in [-0.05, 0) is 12.0 Å². The van der Waals surface area contributed by atoms with Crippen LogP contribution in [0.2, 0.25) is 0 Å². The summed E-state index contributed by atoms with van der Waals surface area (Å²) in [6.45, 7) is 0.871. The molecule has 0 aromatic carbocycles. The molecular weight excluding hydrogens is 783 g/mol. The van der Waals surface area contributed by atoms with Crippen molar-refractivity contribution in [1.82, 2.24) is 24.8 Å². The van der Waals surface area contributed by atoms with Gasteiger partial charge in [0.2, 0.25) is 5.91 Å². The number of rotatable bonds is 25. The summed E-state index contributed by atoms with van der Waals surface area (Å²) < 4.78 is 75.6. The number of nitrogens with two attached hydrogens (primary N) is 1. The van der Waals surface area contributed by atoms with Crippen LogP contribution in [0.25, 0.3) is 21.6 Å². The monoisotopic (exact) mass is 821 g/mol. The summed E-state index contributed by atoms with van der Waals surface area (Å²) in [5.74, 6) is -1.92. The number of aliphatic hydroxyl groups is 2. The van der Waals surface area contributed by atoms with Crippen LogP contribution < -0.4 is 11.1 Å². The predicted octanol–water partition coefficient (Wildman–Crippen LogP) is -0.431. The molecule has 1 aliphatic heterocycles. The number of hydrogen-bond donors (Lipinski definition) is 7. The highest BCUT2D eigenvalue weighted by Gasteiger charge is 2.47. The lowest BCUT2D eigenvalue weighted by Gasteiger charge is -2.20. The number of anilines is 1. The maximum absolute atomic E-state index is 12.3. The highest BCUT2D eigenvalue weighted by atomic mass is 31.3. The zero-order valence-corrected chi connectivity index (χ0v) is 30.2. The Morgan fingerprint density at radius 1 is 0.943 bits per heavy atom. The number of fused-ring (bicyclic) bond motifs is 1. The molecule has 1 saturated heterocycles. The Hall–Kier alpha value is -3.19. The Morgan fingerprint density at radius 2 is 1.60 bits per heavy atom. The molecule has 53 heavy (non-hydrogen) atoms. The van der Waals surface area contributed by atoms with E-state index in [2.05, 4.69) is 48.0 Å². The minimum Gasteiger partial charge on any atom is -0.387 e. The van der Waals surface area contributed by atoms with E-state index < -0.39 is 72.9 Å². The lowest BCUT2D eigenvalue weighted by atomic mass is 10.1. The average Bonchev–Trinajstić information content (AvgIpc) is 3.61. The summed E-state index contributed by atoms with van der Waals surface area (Å²) in [6, 6.07) is 0. The van der Waals surface area contributed by atoms with Crippen molar-refractivity contribution in [1.29, 1.82) is 0 Å². The Kier molecular flexibility index (Phi) is 17.6. The number of nitrogens with one attached hydrogen (secondary N) is 1. The molecule has 8 N–H and O–H groups in total. The summed E-state index contributed by atoms with van der Waals surface area (Å²) in [5.41, 5.74) is 14.1. The molecule has 1 fully saturated rings. The van der Waals surface area contributed by atoms with Gasteiger partial charge in [0, 0.05) is 30.8 Å². The van der Waals surface area contributed by atoms with E-state index >= 15 is 0 Å². The first-order valence-electron chi connectivity index (χ1n) is 15.3. The van der Waals surface area contributed by atoms with Crippen LogP contribution in [0.3, 0.4) is 0 Å². The third-order valence-electron chi connectivity index (χ3n) is 6.53. The van der Waals surface area contributed by atoms with Gasteiger partial charge in [-0.15, -0.1) is 0 Å². The maximum atomic E-state index is 12.3. The number of imidazole rings is 1. The van der Waals surface area contributed by atoms with E-state index in [-0.39, 0.29) is 69.3 Å². The van der Waals surface area contributed by atoms with Crippen molar-refractivity contribution in [2.75, 3.05) is 65.1 Å². The fourth-order valence-corrected chi connectivity index (χ4v) is 7.73. The molecule has 0 bridgehead atoms. The fraction of sp³-hybridized carbons (Fsp3) is 0.696. The van der Waals surface area contributed by atoms with Gasteiger partial charge in [-0.3, -0.25) is 23.6 Å². The van der Waals surface area contributed by atoms with Crippen molar-refractivity contribution in [2.24, 2.45) is 5.11 Å². The van der Waals surface area contributed by atoms with Gasteiger partial charge >= 0.3 is 29.4 Å². The van der Waals surface area contributed by atoms with E-state index in [1.807, 2.05) is 0 Å². The second kappa shape index (κ2) is 21.0. The van der Waals surface area contributed by atoms with Crippen LogP contribution in [0, 0.1) is 0 Å². The van der Waals surface area contributed by atoms with Gasteiger partial charge in [0.25, 0.3) is 0 Å². The molecule has 0 spiro atoms. The molecule has 3 heterocycles. The number of azide groups is 1. The number of ether oxygens (including phenoxy) is 4. The van der Waals surface area contributed by atoms with Crippen LogP contribution in [0.5, 0.6) is 0 Å². The Bertz CT molecular complexity index is 1710. The molecule has 0 radical (unpaired) electrons. The third-order valence-corrected chi connectivity index (χ3v) is 10.7. The van der Waals surface area contributed by atoms with Gasteiger partial charge in [-0.25, -0.2) is 28.6 Å². The summed E-state index contributed by atoms with van der Waals surface area (Å²) in [4.78, 5) is 67.6. The van der Waals surface area contributed by atoms with Crippen molar-refractivity contribution in [3.05, 3.63) is 23.1 Å². The summed E-state index contributed by atoms with van der Waals surface area (Å²) in [7, 11) is -17.3. The van der Waals surface area contributed by atoms with E-state index in [4.69, 9.17) is 30.2 Å². The zero-order valence-electron chi connectivity index (χ0n) is 27.5. The summed E-state index contributed by atoms with van der Waals surface area (Å²) >= 11 is 0. The van der Waals surface area contributed by atoms with E-state index in [9.17, 15) is 48.2 Å². The minimum absolute atomic E-state index is 0.0111. The van der Waals surface area contributed by atoms with E-state index in [0.29, 0.717) is 13.2 Å². The number of amides is 1. The normalized spacial score (nSPS) is 22.0. The highest BCUT2D eigenvalue weighted by molar-refractivity contribution is 7.67. The Balaban J connectivity index is 1.31. The van der Waals surface area contributed by atoms with E-state index in [1.165, 1.54) is 10.9 Å². The molecule has 7 atom stereocenters. The average molecular weight is 822 g/mol. The smallest absolute Gasteiger partial charge is 0.387 e. The molecule has 27 nitrogen and oxygen atoms in total. The van der Waals surface area contributed by atoms with Gasteiger partial charge in [0.05, 0.1) is 52.6 Å². The quantitative estimate of drug-likeness (QED) is 0.0219. The zero-order chi connectivity index (χ0) is 39.1. The van der Waals surface area contributed by atoms with Gasteiger partial charge in [-0.1, -0.05) is 5.11 Å². The molecule has 7 unspecified atom stereocenters. The van der Waals surface area contributed by atoms with Crippen LogP contribution in [-0.4, -0.2) is 134 Å². The third kappa shape index (κ3) is 15.2. The lowest BCUT2D eigenvalue weighted by Crippen LogP contribution is -2.33. The minimum atomic E-state index is -5.96. The van der Waals surface area contributed by atoms with Crippen molar-refractivity contribution in [3.8, 4) is 0 Å². The van der Waals surface area contributed by atoms with Crippen LogP contribution in [0.4, 0.5) is 5.82 Å². The highest BCUT2D eigenvalue weighted by Crippen LogP contribution is 2.67. The first-order valence-corrected chi connectivity index (χ1v) is 19.8. The number of hydrogen-bond acceptors (Lipinski definition) is 20. The number of nitrogens with zero attached hydrogens (tertiary/aromatic N) is 7. The lowest BCUT2D eigenvalue weighted by molar-refractivity contribution is -0.135. The molecule has 0 aliphatic carbocycles. The van der Waals surface area contributed by atoms with Crippen molar-refractivity contribution in [2.45, 2.75) is 43.8 Å². The number of phosphoric acid groups is 3. The topological polar surface area (TPSA) is 391 Å². The maximum Gasteiger partial charge on any atom is 0.538 e. The standard InChI is InChI=1S/C23H38N9O18P3/c24-21-18-22(28-13-27-21)32(14-29-18)23-20(36)19(35)15(47-23)12-46-51(37,38)49-53(41,42)50-52(39,40)48-17(34)3-1-2-16(33)26-4-6-43-8-10-45-11-9-44-7-5-30-31-25/h13-15,19-20,23,35-36H,1-12H2,(H,26,33)(H,37,38)(H,39,40)(H,41,42)(H2,24,27,28). The Labute approximate surface area is 299 Å². The van der Waals surface area contributed by atoms with Gasteiger partial charge < -0.3 is 54.5 Å². The van der Waals surface area contributed by atoms with Crippen LogP contribution in [0.15, 0.2) is 17.8 Å². The number of aliphatic hydroxyl groups excluding tert-OH is 2. The second-order valence-corrected chi connectivity index (χ2v) is 15.0. The second-order valence-electron chi connectivity index (χ2n) is 10.5. The number of nitrogen functional groups attached to an aromatic ring is 1. The molecule has 0 saturated carbocycles. The SMILES string of the molecule is [N-]=[N+]=NCCOCCOCCOCCNC(=O)CCCC(=O)OP(=O)(O)OP(=O)(O)OP(=O)(O)OCC1OC(n2cnc3c(N)ncnc32)C(O)C1O. The summed E-state index contributed by atoms with van der Waals surface area (Å²) in [5, 5.41) is 26.7. The predicted molar refractivity (Wildman–Crippen MR) is 173 cm³/mol. The van der Waals surface area contributed by atoms with Crippen LogP contribution in [-0.2, 0) is 59.9 Å². The van der Waals surface area contributed by atoms with Crippen LogP contribution in [0.1, 0.15) is 25.5 Å². The molecule has 1 aliphatic rings. The summed E-state index contributed by atoms with van der Waals surface area (Å²) in [6.07, 6.45) is -5.04. The molecular formula is C23H38N9O18P3. The van der Waals surface area contributed by atoms with Gasteiger partial charge in [-0.2, -0.15) is 8.62 Å². The molecule has 2 aromatic rings. The van der Waals surface area contributed by atoms with E-state index in [1.54, 1.807) is 0 Å². The van der Waals surface area contributed by atoms with E-state index in [0.717, 1.165) is 6.33 Å². The number of aromatic nitrogens is 4. The number of phosphoric ester groups is 2. The van der Waals surface area contributed by atoms with Gasteiger partial charge in [0.1, 0.15) is 30.2 Å². The molecule has 30 heteroatoms. The number of carbonyl (C=O) groups is 2. The van der Waals surface area contributed by atoms with Crippen molar-refractivity contribution >= 4 is 52.3 Å². The Morgan fingerprint density at radius 3 is 2.30 bits per heavy atom. The van der Waals surface area contributed by atoms with Crippen molar-refractivity contribution < 1.29 is 84.8 Å². The van der Waals surface area contributed by atoms with Crippen molar-refractivity contribution in [3.63, 3.8) is 0 Å². The number of carbonyl (C=O) groups excluding carboxylic acids is 2.